The van der Waals surface area contributed by atoms with Crippen LogP contribution in [0.1, 0.15) is 0 Å². The Morgan fingerprint density at radius 2 is 1.42 bits per heavy atom. The maximum Gasteiger partial charge on any atom is 0.202 e. The van der Waals surface area contributed by atoms with Crippen molar-refractivity contribution in [2.24, 2.45) is 23.3 Å². The normalized spacial score (nSPS) is 10.8. The van der Waals surface area contributed by atoms with Crippen molar-refractivity contribution in [3.63, 3.8) is 0 Å². The molecule has 0 bridgehead atoms. The van der Waals surface area contributed by atoms with Crippen LogP contribution in [-0.4, -0.2) is 10.2 Å². The molecule has 9 N–H and O–H groups in total. The number of nitrogens with one attached hydrogen (secondary N) is 1. The van der Waals surface area contributed by atoms with Crippen LogP contribution in [0, 0.1) is 0 Å². The number of rotatable bonds is 2. The van der Waals surface area contributed by atoms with Crippen molar-refractivity contribution >= 4 is 77.5 Å². The standard InChI is InChI=1S/C14H15N7S3/c15-13(22)20(17)7-1-3-11-9(5-7)10-6-8(2-4-12(10)24-11)21(18)14(23)19-16/h1-6H,16-18H2,(H2,15,22)(H,19,23). The summed E-state index contributed by atoms with van der Waals surface area (Å²) < 4.78 is 2.23. The summed E-state index contributed by atoms with van der Waals surface area (Å²) in [7, 11) is 0. The van der Waals surface area contributed by atoms with E-state index in [9.17, 15) is 0 Å². The molecule has 1 heterocycles. The van der Waals surface area contributed by atoms with Crippen LogP contribution in [0.3, 0.4) is 0 Å². The van der Waals surface area contributed by atoms with Crippen molar-refractivity contribution < 1.29 is 0 Å². The predicted octanol–water partition coefficient (Wildman–Crippen LogP) is 1.41. The zero-order chi connectivity index (χ0) is 17.4. The van der Waals surface area contributed by atoms with Gasteiger partial charge in [-0.05, 0) is 60.8 Å². The average Bonchev–Trinajstić information content (AvgIpc) is 2.96. The second kappa shape index (κ2) is 6.43. The number of hydrogen-bond donors (Lipinski definition) is 5. The average molecular weight is 378 g/mol. The fraction of sp³-hybridized carbons (Fsp3) is 0. The monoisotopic (exact) mass is 377 g/mol. The molecule has 0 amide bonds. The Balaban J connectivity index is 2.16. The van der Waals surface area contributed by atoms with Gasteiger partial charge in [-0.25, -0.2) is 17.5 Å². The molecule has 0 fully saturated rings. The van der Waals surface area contributed by atoms with E-state index in [4.69, 9.17) is 47.7 Å². The fourth-order valence-corrected chi connectivity index (χ4v) is 3.64. The number of thiocarbonyl (C=S) groups is 2. The summed E-state index contributed by atoms with van der Waals surface area (Å²) in [6.45, 7) is 0. The number of nitrogens with two attached hydrogens (primary N) is 4. The zero-order valence-corrected chi connectivity index (χ0v) is 14.8. The van der Waals surface area contributed by atoms with E-state index in [1.54, 1.807) is 11.3 Å². The van der Waals surface area contributed by atoms with Crippen molar-refractivity contribution in [3.05, 3.63) is 36.4 Å². The zero-order valence-electron chi connectivity index (χ0n) is 12.4. The van der Waals surface area contributed by atoms with Crippen LogP contribution in [0.5, 0.6) is 0 Å². The SMILES string of the molecule is NNC(=S)N(N)c1ccc2sc3ccc(N(N)C(N)=S)cc3c2c1. The summed E-state index contributed by atoms with van der Waals surface area (Å²) >= 11 is 11.6. The molecule has 0 radical (unpaired) electrons. The van der Waals surface area contributed by atoms with Crippen LogP contribution in [0.2, 0.25) is 0 Å². The summed E-state index contributed by atoms with van der Waals surface area (Å²) in [5.41, 5.74) is 9.38. The van der Waals surface area contributed by atoms with Gasteiger partial charge in [-0.2, -0.15) is 0 Å². The van der Waals surface area contributed by atoms with Gasteiger partial charge in [0.05, 0.1) is 11.4 Å². The minimum absolute atomic E-state index is 0.0991. The Bertz CT molecular complexity index is 952. The highest BCUT2D eigenvalue weighted by atomic mass is 32.1. The Morgan fingerprint density at radius 1 is 0.917 bits per heavy atom. The van der Waals surface area contributed by atoms with E-state index < -0.39 is 0 Å². The summed E-state index contributed by atoms with van der Waals surface area (Å²) in [6, 6.07) is 11.6. The van der Waals surface area contributed by atoms with Crippen LogP contribution >= 0.6 is 35.8 Å². The third-order valence-corrected chi connectivity index (χ3v) is 5.24. The van der Waals surface area contributed by atoms with Gasteiger partial charge in [-0.3, -0.25) is 15.4 Å². The van der Waals surface area contributed by atoms with Gasteiger partial charge >= 0.3 is 0 Å². The molecule has 0 saturated carbocycles. The third kappa shape index (κ3) is 2.86. The van der Waals surface area contributed by atoms with Gasteiger partial charge < -0.3 is 5.73 Å². The molecule has 3 rings (SSSR count). The number of thiophene rings is 1. The topological polar surface area (TPSA) is 123 Å². The van der Waals surface area contributed by atoms with Crippen molar-refractivity contribution in [2.75, 3.05) is 10.0 Å². The smallest absolute Gasteiger partial charge is 0.202 e. The molecule has 0 saturated heterocycles. The molecule has 10 heteroatoms. The van der Waals surface area contributed by atoms with Gasteiger partial charge in [0.25, 0.3) is 0 Å². The Labute approximate surface area is 152 Å². The predicted molar refractivity (Wildman–Crippen MR) is 109 cm³/mol. The Morgan fingerprint density at radius 3 is 1.88 bits per heavy atom. The summed E-state index contributed by atoms with van der Waals surface area (Å²) in [5.74, 6) is 17.2. The highest BCUT2D eigenvalue weighted by Crippen LogP contribution is 2.37. The van der Waals surface area contributed by atoms with Gasteiger partial charge in [0.1, 0.15) is 0 Å². The molecule has 0 aliphatic rings. The first-order valence-corrected chi connectivity index (χ1v) is 8.41. The van der Waals surface area contributed by atoms with E-state index in [1.165, 1.54) is 10.0 Å². The lowest BCUT2D eigenvalue weighted by molar-refractivity contribution is 0.980. The van der Waals surface area contributed by atoms with E-state index in [-0.39, 0.29) is 10.2 Å². The lowest BCUT2D eigenvalue weighted by Crippen LogP contribution is -2.47. The van der Waals surface area contributed by atoms with Gasteiger partial charge in [-0.1, -0.05) is 0 Å². The van der Waals surface area contributed by atoms with Gasteiger partial charge in [0.2, 0.25) is 5.11 Å². The quantitative estimate of drug-likeness (QED) is 0.256. The highest BCUT2D eigenvalue weighted by molar-refractivity contribution is 7.80. The molecule has 0 atom stereocenters. The number of nitrogens with zero attached hydrogens (tertiary/aromatic N) is 2. The maximum atomic E-state index is 5.96. The minimum Gasteiger partial charge on any atom is -0.375 e. The van der Waals surface area contributed by atoms with E-state index in [0.717, 1.165) is 25.9 Å². The molecular formula is C14H15N7S3. The van der Waals surface area contributed by atoms with Crippen LogP contribution in [0.4, 0.5) is 11.4 Å². The van der Waals surface area contributed by atoms with E-state index >= 15 is 0 Å². The number of anilines is 2. The Hall–Kier alpha value is -2.08. The molecule has 0 spiro atoms. The Kier molecular flexibility index (Phi) is 4.49. The van der Waals surface area contributed by atoms with Crippen molar-refractivity contribution in [2.45, 2.75) is 0 Å². The molecular weight excluding hydrogens is 362 g/mol. The van der Waals surface area contributed by atoms with Crippen LogP contribution in [0.15, 0.2) is 36.4 Å². The lowest BCUT2D eigenvalue weighted by Gasteiger charge is -2.18. The first-order chi connectivity index (χ1) is 11.4. The molecule has 7 nitrogen and oxygen atoms in total. The van der Waals surface area contributed by atoms with Gasteiger partial charge in [0.15, 0.2) is 5.11 Å². The van der Waals surface area contributed by atoms with Gasteiger partial charge in [-0.15, -0.1) is 11.3 Å². The van der Waals surface area contributed by atoms with Crippen LogP contribution in [0.25, 0.3) is 20.2 Å². The van der Waals surface area contributed by atoms with Crippen LogP contribution < -0.4 is 38.7 Å². The molecule has 0 unspecified atom stereocenters. The largest absolute Gasteiger partial charge is 0.375 e. The summed E-state index contributed by atoms with van der Waals surface area (Å²) in [5, 5.41) is 4.96. The number of hydrazine groups is 3. The molecule has 1 aromatic heterocycles. The van der Waals surface area contributed by atoms with E-state index in [0.29, 0.717) is 5.69 Å². The number of benzene rings is 2. The summed E-state index contributed by atoms with van der Waals surface area (Å²) in [6.07, 6.45) is 0. The summed E-state index contributed by atoms with van der Waals surface area (Å²) in [4.78, 5) is 0. The highest BCUT2D eigenvalue weighted by Gasteiger charge is 2.12. The second-order valence-corrected chi connectivity index (χ2v) is 6.88. The van der Waals surface area contributed by atoms with Crippen molar-refractivity contribution in [1.29, 1.82) is 0 Å². The van der Waals surface area contributed by atoms with Gasteiger partial charge in [0, 0.05) is 20.2 Å². The number of fused-ring (bicyclic) bond motifs is 3. The van der Waals surface area contributed by atoms with Crippen molar-refractivity contribution in [1.82, 2.24) is 5.43 Å². The number of hydrogen-bond acceptors (Lipinski definition) is 6. The van der Waals surface area contributed by atoms with Crippen LogP contribution in [-0.2, 0) is 0 Å². The van der Waals surface area contributed by atoms with E-state index in [2.05, 4.69) is 5.43 Å². The fourth-order valence-electron chi connectivity index (χ4n) is 2.37. The minimum atomic E-state index is 0.0991. The first kappa shape index (κ1) is 16.8. The molecule has 0 aliphatic carbocycles. The van der Waals surface area contributed by atoms with E-state index in [1.807, 2.05) is 36.4 Å². The molecule has 124 valence electrons. The molecule has 0 aliphatic heterocycles. The third-order valence-electron chi connectivity index (χ3n) is 3.57. The van der Waals surface area contributed by atoms with Crippen molar-refractivity contribution in [3.8, 4) is 0 Å². The lowest BCUT2D eigenvalue weighted by atomic mass is 10.1. The first-order valence-electron chi connectivity index (χ1n) is 6.78. The maximum absolute atomic E-state index is 5.96. The molecule has 3 aromatic rings. The molecule has 24 heavy (non-hydrogen) atoms. The molecule has 2 aromatic carbocycles. The second-order valence-electron chi connectivity index (χ2n) is 4.99.